The Balaban J connectivity index is 0.851. The van der Waals surface area contributed by atoms with Gasteiger partial charge in [-0.25, -0.2) is 9.78 Å². The van der Waals surface area contributed by atoms with Crippen LogP contribution in [0.25, 0.3) is 21.3 Å². The quantitative estimate of drug-likeness (QED) is 0.132. The number of ether oxygens (including phenoxy) is 3. The number of nitrogens with zero attached hydrogens (tertiary/aromatic N) is 6. The van der Waals surface area contributed by atoms with E-state index >= 15 is 0 Å². The predicted molar refractivity (Wildman–Crippen MR) is 216 cm³/mol. The van der Waals surface area contributed by atoms with Crippen LogP contribution >= 0.6 is 11.3 Å². The van der Waals surface area contributed by atoms with Crippen LogP contribution in [0.15, 0.2) is 67.0 Å². The summed E-state index contributed by atoms with van der Waals surface area (Å²) in [7, 11) is 0. The minimum atomic E-state index is -1.43. The molecule has 5 heterocycles. The molecule has 4 aliphatic carbocycles. The van der Waals surface area contributed by atoms with Gasteiger partial charge in [-0.15, -0.1) is 0 Å². The molecule has 2 aromatic carbocycles. The van der Waals surface area contributed by atoms with Crippen molar-refractivity contribution < 1.29 is 28.9 Å². The van der Waals surface area contributed by atoms with Crippen LogP contribution in [0.3, 0.4) is 0 Å². The number of nitrogens with one attached hydrogen (secondary N) is 1. The first-order valence-corrected chi connectivity index (χ1v) is 21.0. The molecule has 0 radical (unpaired) electrons. The molecule has 13 nitrogen and oxygen atoms in total. The average molecular weight is 790 g/mol. The van der Waals surface area contributed by atoms with Gasteiger partial charge >= 0.3 is 6.16 Å². The molecule has 2 N–H and O–H groups in total. The molecule has 11 rings (SSSR count). The van der Waals surface area contributed by atoms with Gasteiger partial charge in [0.05, 0.1) is 41.8 Å². The monoisotopic (exact) mass is 789 g/mol. The lowest BCUT2D eigenvalue weighted by atomic mass is 9.48. The van der Waals surface area contributed by atoms with Gasteiger partial charge in [0.1, 0.15) is 5.82 Å². The molecular weight excluding hydrogens is 743 g/mol. The lowest BCUT2D eigenvalue weighted by Crippen LogP contribution is -2.58. The van der Waals surface area contributed by atoms with Crippen molar-refractivity contribution in [3.05, 3.63) is 83.7 Å². The summed E-state index contributed by atoms with van der Waals surface area (Å²) in [5.41, 5.74) is 4.82. The summed E-state index contributed by atoms with van der Waals surface area (Å²) >= 11 is 1.44. The van der Waals surface area contributed by atoms with Crippen molar-refractivity contribution in [3.63, 3.8) is 0 Å². The number of hydrogen-bond acceptors (Lipinski definition) is 11. The Labute approximate surface area is 334 Å². The number of carbonyl (C=O) groups excluding carboxylic acids is 1. The molecule has 2 atom stereocenters. The number of thiazole rings is 1. The summed E-state index contributed by atoms with van der Waals surface area (Å²) in [6.07, 6.45) is 10.1. The summed E-state index contributed by atoms with van der Waals surface area (Å²) in [4.78, 5) is 39.5. The third-order valence-corrected chi connectivity index (χ3v) is 13.8. The van der Waals surface area contributed by atoms with Crippen molar-refractivity contribution in [2.24, 2.45) is 17.3 Å². The second-order valence-corrected chi connectivity index (χ2v) is 17.8. The van der Waals surface area contributed by atoms with Crippen molar-refractivity contribution in [3.8, 4) is 17.0 Å². The molecule has 1 saturated heterocycles. The van der Waals surface area contributed by atoms with Crippen LogP contribution in [0.5, 0.6) is 5.88 Å². The maximum Gasteiger partial charge on any atom is 0.512 e. The van der Waals surface area contributed by atoms with E-state index in [0.29, 0.717) is 53.4 Å². The molecule has 5 aromatic rings. The van der Waals surface area contributed by atoms with E-state index in [1.807, 2.05) is 59.4 Å². The second kappa shape index (κ2) is 14.8. The predicted octanol–water partition coefficient (Wildman–Crippen LogP) is 7.11. The van der Waals surface area contributed by atoms with Crippen LogP contribution in [-0.4, -0.2) is 93.4 Å². The van der Waals surface area contributed by atoms with E-state index in [-0.39, 0.29) is 22.8 Å². The zero-order valence-corrected chi connectivity index (χ0v) is 32.7. The molecule has 14 heteroatoms. The number of anilines is 2. The van der Waals surface area contributed by atoms with E-state index in [4.69, 9.17) is 24.3 Å². The Hall–Kier alpha value is -4.89. The molecule has 296 valence electrons. The summed E-state index contributed by atoms with van der Waals surface area (Å²) in [6, 6.07) is 17.4. The summed E-state index contributed by atoms with van der Waals surface area (Å²) in [5.74, 6) is 1.73. The Kier molecular flexibility index (Phi) is 9.47. The first-order valence-electron chi connectivity index (χ1n) is 20.2. The van der Waals surface area contributed by atoms with Gasteiger partial charge in [0.25, 0.3) is 5.91 Å². The largest absolute Gasteiger partial charge is 0.512 e. The fourth-order valence-corrected chi connectivity index (χ4v) is 11.8. The van der Waals surface area contributed by atoms with E-state index in [9.17, 15) is 14.7 Å². The standard InChI is InChI=1S/C43H47N7O6S/c51-38(47-40-45-35-6-1-2-7-36(35)57-40)33-5-3-4-30-10-11-49(25-34(30)33)37-9-8-32(39(46-37)56-41(52)53)31-23-44-50(24-31)27-42-19-28-18-29(20-42)22-43(21-28,26-42)55-17-14-48-12-15-54-16-13-48/h1-9,23-24,28-29H,10-22,25-27H2,(H,52,53)(H,45,47,51). The summed E-state index contributed by atoms with van der Waals surface area (Å²) < 4.78 is 20.8. The van der Waals surface area contributed by atoms with Gasteiger partial charge in [-0.3, -0.25) is 19.7 Å². The number of para-hydroxylation sites is 1. The van der Waals surface area contributed by atoms with Crippen LogP contribution < -0.4 is 15.0 Å². The van der Waals surface area contributed by atoms with Crippen LogP contribution in [0.1, 0.15) is 60.0 Å². The normalized spacial score (nSPS) is 25.4. The van der Waals surface area contributed by atoms with Crippen molar-refractivity contribution >= 4 is 44.6 Å². The first-order chi connectivity index (χ1) is 27.8. The molecule has 5 fully saturated rings. The number of morpholine rings is 1. The third kappa shape index (κ3) is 7.39. The number of amides is 1. The van der Waals surface area contributed by atoms with Gasteiger partial charge in [-0.2, -0.15) is 10.1 Å². The number of pyridine rings is 1. The highest BCUT2D eigenvalue weighted by molar-refractivity contribution is 7.22. The van der Waals surface area contributed by atoms with Crippen LogP contribution in [0, 0.1) is 17.3 Å². The molecule has 3 aromatic heterocycles. The number of hydrogen-bond donors (Lipinski definition) is 2. The Morgan fingerprint density at radius 1 is 0.982 bits per heavy atom. The molecule has 1 amide bonds. The number of benzene rings is 2. The molecule has 4 bridgehead atoms. The van der Waals surface area contributed by atoms with Gasteiger partial charge in [-0.1, -0.05) is 35.6 Å². The Morgan fingerprint density at radius 2 is 1.82 bits per heavy atom. The Bertz CT molecular complexity index is 2270. The second-order valence-electron chi connectivity index (χ2n) is 16.8. The van der Waals surface area contributed by atoms with Gasteiger partial charge in [0.15, 0.2) is 5.13 Å². The number of carboxylic acid groups (broad SMARTS) is 1. The van der Waals surface area contributed by atoms with E-state index in [2.05, 4.69) is 26.2 Å². The SMILES string of the molecule is O=C(O)Oc1nc(N2CCc3cccc(C(=O)Nc4nc5ccccc5s4)c3C2)ccc1-c1cnn(CC23CC4CC(C2)CC(OCCN2CCOCC2)(C4)C3)c1. The topological polar surface area (TPSA) is 144 Å². The van der Waals surface area contributed by atoms with Gasteiger partial charge in [0, 0.05) is 62.2 Å². The number of fused-ring (bicyclic) bond motifs is 2. The molecule has 4 saturated carbocycles. The van der Waals surface area contributed by atoms with Crippen LogP contribution in [0.2, 0.25) is 0 Å². The van der Waals surface area contributed by atoms with Crippen LogP contribution in [-0.2, 0) is 29.0 Å². The highest BCUT2D eigenvalue weighted by atomic mass is 32.1. The van der Waals surface area contributed by atoms with E-state index in [1.54, 1.807) is 6.20 Å². The molecule has 2 unspecified atom stereocenters. The highest BCUT2D eigenvalue weighted by Crippen LogP contribution is 2.63. The smallest absolute Gasteiger partial charge is 0.449 e. The zero-order valence-electron chi connectivity index (χ0n) is 31.9. The fraction of sp³-hybridized carbons (Fsp3) is 0.465. The van der Waals surface area contributed by atoms with Gasteiger partial charge < -0.3 is 24.2 Å². The number of rotatable bonds is 11. The van der Waals surface area contributed by atoms with Crippen LogP contribution in [0.4, 0.5) is 15.7 Å². The molecule has 2 aliphatic heterocycles. The maximum absolute atomic E-state index is 13.6. The Morgan fingerprint density at radius 3 is 2.65 bits per heavy atom. The zero-order chi connectivity index (χ0) is 38.6. The number of aromatic nitrogens is 4. The highest BCUT2D eigenvalue weighted by Gasteiger charge is 2.58. The maximum atomic E-state index is 13.6. The molecular formula is C43H47N7O6S. The van der Waals surface area contributed by atoms with Crippen molar-refractivity contribution in [1.82, 2.24) is 24.6 Å². The van der Waals surface area contributed by atoms with Crippen molar-refractivity contribution in [2.45, 2.75) is 63.6 Å². The van der Waals surface area contributed by atoms with Crippen molar-refractivity contribution in [1.29, 1.82) is 0 Å². The summed E-state index contributed by atoms with van der Waals surface area (Å²) in [6.45, 7) is 7.16. The van der Waals surface area contributed by atoms with Gasteiger partial charge in [0.2, 0.25) is 5.88 Å². The minimum absolute atomic E-state index is 0.00892. The average Bonchev–Trinajstić information content (AvgIpc) is 3.83. The third-order valence-electron chi connectivity index (χ3n) is 12.9. The molecule has 6 aliphatic rings. The molecule has 0 spiro atoms. The van der Waals surface area contributed by atoms with E-state index in [0.717, 1.165) is 92.2 Å². The summed E-state index contributed by atoms with van der Waals surface area (Å²) in [5, 5.41) is 18.1. The lowest BCUT2D eigenvalue weighted by molar-refractivity contribution is -0.198. The minimum Gasteiger partial charge on any atom is -0.449 e. The number of carbonyl (C=O) groups is 2. The van der Waals surface area contributed by atoms with Crippen molar-refractivity contribution in [2.75, 3.05) is 56.2 Å². The van der Waals surface area contributed by atoms with Gasteiger partial charge in [-0.05, 0) is 104 Å². The fourth-order valence-electron chi connectivity index (χ4n) is 10.9. The van der Waals surface area contributed by atoms with E-state index < -0.39 is 6.16 Å². The molecule has 57 heavy (non-hydrogen) atoms. The van der Waals surface area contributed by atoms with E-state index in [1.165, 1.54) is 30.6 Å². The lowest BCUT2D eigenvalue weighted by Gasteiger charge is -2.61. The first kappa shape index (κ1) is 36.5.